The Kier molecular flexibility index (Phi) is 650. The van der Waals surface area contributed by atoms with Crippen LogP contribution in [-0.4, -0.2) is 0 Å². The Labute approximate surface area is 123 Å². The van der Waals surface area contributed by atoms with Crippen LogP contribution in [0.4, 0.5) is 0 Å². The normalized spacial score (nSPS) is 5.00. The number of unbranched alkanes of at least 4 members (excludes halogenated alkanes) is 2. The van der Waals surface area contributed by atoms with Gasteiger partial charge in [0.05, 0.1) is 0 Å². The van der Waals surface area contributed by atoms with Crippen molar-refractivity contribution in [1.29, 1.82) is 0 Å². The van der Waals surface area contributed by atoms with Gasteiger partial charge in [0.2, 0.25) is 0 Å². The molecule has 0 heterocycles. The van der Waals surface area contributed by atoms with Gasteiger partial charge in [0, 0.05) is 0 Å². The topological polar surface area (TPSA) is 0 Å². The van der Waals surface area contributed by atoms with E-state index in [9.17, 15) is 0 Å². The first kappa shape index (κ1) is 43.0. The van der Waals surface area contributed by atoms with Crippen LogP contribution in [0.5, 0.6) is 0 Å². The molecule has 0 heteroatoms. The van der Waals surface area contributed by atoms with Crippen molar-refractivity contribution in [2.45, 2.75) is 123 Å². The van der Waals surface area contributed by atoms with Gasteiger partial charge in [0.1, 0.15) is 0 Å². The molecule has 0 saturated carbocycles. The zero-order valence-electron chi connectivity index (χ0n) is 16.8. The molecule has 0 aliphatic carbocycles. The summed E-state index contributed by atoms with van der Waals surface area (Å²) in [6.07, 6.45) is 5.33. The Hall–Kier alpha value is 0. The maximum atomic E-state index is 2.21. The van der Waals surface area contributed by atoms with Gasteiger partial charge in [-0.1, -0.05) is 123 Å². The van der Waals surface area contributed by atoms with Crippen molar-refractivity contribution in [2.75, 3.05) is 0 Å². The molecule has 0 aromatic heterocycles. The first-order valence-corrected chi connectivity index (χ1v) is 8.83. The number of rotatable bonds is 2. The van der Waals surface area contributed by atoms with Crippen molar-refractivity contribution in [3.8, 4) is 0 Å². The summed E-state index contributed by atoms with van der Waals surface area (Å²) in [4.78, 5) is 0. The molecule has 18 heavy (non-hydrogen) atoms. The largest absolute Gasteiger partial charge is 0.0683 e. The van der Waals surface area contributed by atoms with E-state index in [0.717, 1.165) is 0 Å². The lowest BCUT2D eigenvalue weighted by Gasteiger charge is -1.79. The van der Waals surface area contributed by atoms with E-state index >= 15 is 0 Å². The molecule has 0 saturated heterocycles. The quantitative estimate of drug-likeness (QED) is 0.468. The summed E-state index contributed by atoms with van der Waals surface area (Å²) in [5, 5.41) is 0. The molecule has 122 valence electrons. The van der Waals surface area contributed by atoms with Crippen molar-refractivity contribution in [3.63, 3.8) is 0 Å². The van der Waals surface area contributed by atoms with Gasteiger partial charge < -0.3 is 0 Å². The van der Waals surface area contributed by atoms with Crippen LogP contribution < -0.4 is 0 Å². The third-order valence-electron chi connectivity index (χ3n) is 0.707. The standard InChI is InChI=1S/C5H12.C3H8.5C2H6/c1-3-5-4-2;1-3-2;5*1-2/h3-5H2,1-2H3;3H2,1-2H3;5*1-2H3. The minimum Gasteiger partial charge on any atom is -0.0683 e. The van der Waals surface area contributed by atoms with Gasteiger partial charge in [-0.05, 0) is 0 Å². The highest BCUT2D eigenvalue weighted by Crippen LogP contribution is 1.88. The van der Waals surface area contributed by atoms with Gasteiger partial charge in [-0.25, -0.2) is 0 Å². The molecule has 0 rings (SSSR count). The molecular formula is C18H50. The van der Waals surface area contributed by atoms with Crippen LogP contribution in [0, 0.1) is 0 Å². The van der Waals surface area contributed by atoms with Crippen LogP contribution >= 0.6 is 0 Å². The lowest BCUT2D eigenvalue weighted by atomic mass is 10.3. The minimum atomic E-state index is 1.25. The van der Waals surface area contributed by atoms with Crippen molar-refractivity contribution in [1.82, 2.24) is 0 Å². The second-order valence-corrected chi connectivity index (χ2v) is 2.06. The van der Waals surface area contributed by atoms with E-state index in [1.54, 1.807) is 0 Å². The van der Waals surface area contributed by atoms with E-state index in [2.05, 4.69) is 27.7 Å². The smallest absolute Gasteiger partial charge is 0.0538 e. The Bertz CT molecular complexity index is 14.0. The van der Waals surface area contributed by atoms with Crippen LogP contribution in [0.3, 0.4) is 0 Å². The van der Waals surface area contributed by atoms with Crippen molar-refractivity contribution in [3.05, 3.63) is 0 Å². The van der Waals surface area contributed by atoms with Crippen LogP contribution in [0.1, 0.15) is 123 Å². The Morgan fingerprint density at radius 3 is 0.500 bits per heavy atom. The SMILES string of the molecule is CC.CC.CC.CC.CC.CCC.CCCCC. The Morgan fingerprint density at radius 1 is 0.389 bits per heavy atom. The van der Waals surface area contributed by atoms with E-state index in [0.29, 0.717) is 0 Å². The van der Waals surface area contributed by atoms with Crippen molar-refractivity contribution < 1.29 is 0 Å². The van der Waals surface area contributed by atoms with Crippen molar-refractivity contribution in [2.24, 2.45) is 0 Å². The monoisotopic (exact) mass is 266 g/mol. The summed E-state index contributed by atoms with van der Waals surface area (Å²) in [6, 6.07) is 0. The van der Waals surface area contributed by atoms with E-state index in [-0.39, 0.29) is 0 Å². The molecule has 0 unspecified atom stereocenters. The molecule has 0 bridgehead atoms. The average Bonchev–Trinajstić information content (AvgIpc) is 2.51. The number of hydrogen-bond acceptors (Lipinski definition) is 0. The van der Waals surface area contributed by atoms with E-state index in [4.69, 9.17) is 0 Å². The molecule has 0 amide bonds. The average molecular weight is 267 g/mol. The summed E-state index contributed by atoms with van der Waals surface area (Å²) < 4.78 is 0. The predicted octanol–water partition coefficient (Wildman–Crippen LogP) is 8.74. The second kappa shape index (κ2) is 272. The Balaban J connectivity index is -0.0000000166. The molecule has 0 aromatic rings. The van der Waals surface area contributed by atoms with E-state index in [1.165, 1.54) is 25.7 Å². The second-order valence-electron chi connectivity index (χ2n) is 2.06. The summed E-state index contributed by atoms with van der Waals surface area (Å²) in [7, 11) is 0. The molecule has 0 atom stereocenters. The highest BCUT2D eigenvalue weighted by atomic mass is 13.7. The highest BCUT2D eigenvalue weighted by Gasteiger charge is 1.68. The van der Waals surface area contributed by atoms with Gasteiger partial charge in [-0.2, -0.15) is 0 Å². The lowest BCUT2D eigenvalue weighted by Crippen LogP contribution is -1.59. The summed E-state index contributed by atoms with van der Waals surface area (Å²) in [5.74, 6) is 0. The zero-order valence-corrected chi connectivity index (χ0v) is 16.8. The molecule has 0 aromatic carbocycles. The highest BCUT2D eigenvalue weighted by molar-refractivity contribution is 4.24. The molecule has 0 N–H and O–H groups in total. The van der Waals surface area contributed by atoms with E-state index in [1.807, 2.05) is 69.2 Å². The fraction of sp³-hybridized carbons (Fsp3) is 1.00. The third kappa shape index (κ3) is 900. The van der Waals surface area contributed by atoms with Gasteiger partial charge in [0.15, 0.2) is 0 Å². The summed E-state index contributed by atoms with van der Waals surface area (Å²) >= 11 is 0. The molecule has 0 aliphatic rings. The molecule has 0 aliphatic heterocycles. The fourth-order valence-electron chi connectivity index (χ4n) is 0.354. The van der Waals surface area contributed by atoms with E-state index < -0.39 is 0 Å². The molecule has 0 radical (unpaired) electrons. The summed E-state index contributed by atoms with van der Waals surface area (Å²) in [6.45, 7) is 28.7. The van der Waals surface area contributed by atoms with Gasteiger partial charge in [0.25, 0.3) is 0 Å². The van der Waals surface area contributed by atoms with Gasteiger partial charge in [-0.3, -0.25) is 0 Å². The summed E-state index contributed by atoms with van der Waals surface area (Å²) in [5.41, 5.74) is 0. The fourth-order valence-corrected chi connectivity index (χ4v) is 0.354. The zero-order chi connectivity index (χ0) is 16.8. The Morgan fingerprint density at radius 2 is 0.500 bits per heavy atom. The molecule has 0 fully saturated rings. The molecule has 0 spiro atoms. The third-order valence-corrected chi connectivity index (χ3v) is 0.707. The number of hydrogen-bond donors (Lipinski definition) is 0. The maximum Gasteiger partial charge on any atom is -0.0538 e. The van der Waals surface area contributed by atoms with Crippen LogP contribution in [-0.2, 0) is 0 Å². The van der Waals surface area contributed by atoms with Gasteiger partial charge in [-0.15, -0.1) is 0 Å². The van der Waals surface area contributed by atoms with Gasteiger partial charge >= 0.3 is 0 Å². The maximum absolute atomic E-state index is 2.21. The van der Waals surface area contributed by atoms with Crippen LogP contribution in [0.25, 0.3) is 0 Å². The predicted molar refractivity (Wildman–Crippen MR) is 97.9 cm³/mol. The lowest BCUT2D eigenvalue weighted by molar-refractivity contribution is 0.772. The first-order chi connectivity index (χ1) is 8.83. The molecular weight excluding hydrogens is 216 g/mol. The van der Waals surface area contributed by atoms with Crippen molar-refractivity contribution >= 4 is 0 Å². The van der Waals surface area contributed by atoms with Crippen LogP contribution in [0.2, 0.25) is 0 Å². The minimum absolute atomic E-state index is 1.25. The molecule has 0 nitrogen and oxygen atoms in total. The van der Waals surface area contributed by atoms with Crippen LogP contribution in [0.15, 0.2) is 0 Å². The first-order valence-electron chi connectivity index (χ1n) is 8.83.